The molecule has 0 saturated heterocycles. The van der Waals surface area contributed by atoms with Gasteiger partial charge in [-0.3, -0.25) is 4.79 Å². The van der Waals surface area contributed by atoms with Crippen LogP contribution in [0.4, 0.5) is 0 Å². The highest BCUT2D eigenvalue weighted by atomic mass is 16.5. The van der Waals surface area contributed by atoms with Crippen LogP contribution in [0.2, 0.25) is 0 Å². The zero-order valence-corrected chi connectivity index (χ0v) is 14.0. The van der Waals surface area contributed by atoms with Gasteiger partial charge in [0.25, 0.3) is 0 Å². The SMILES string of the molecule is O=C(/C=C/c1cc2ccccc2o1)NCCCOCc1ccccc1. The van der Waals surface area contributed by atoms with Crippen LogP contribution in [0.5, 0.6) is 0 Å². The van der Waals surface area contributed by atoms with E-state index in [1.807, 2.05) is 60.7 Å². The molecule has 0 aliphatic rings. The summed E-state index contributed by atoms with van der Waals surface area (Å²) in [4.78, 5) is 11.8. The van der Waals surface area contributed by atoms with Gasteiger partial charge in [-0.15, -0.1) is 0 Å². The molecule has 2 aromatic carbocycles. The monoisotopic (exact) mass is 335 g/mol. The number of amides is 1. The molecule has 0 spiro atoms. The summed E-state index contributed by atoms with van der Waals surface area (Å²) < 4.78 is 11.2. The van der Waals surface area contributed by atoms with E-state index in [-0.39, 0.29) is 5.91 Å². The molecule has 0 atom stereocenters. The second-order valence-corrected chi connectivity index (χ2v) is 5.70. The Balaban J connectivity index is 1.34. The lowest BCUT2D eigenvalue weighted by atomic mass is 10.2. The number of fused-ring (bicyclic) bond motifs is 1. The molecule has 1 aromatic heterocycles. The minimum absolute atomic E-state index is 0.136. The van der Waals surface area contributed by atoms with Crippen molar-refractivity contribution < 1.29 is 13.9 Å². The van der Waals surface area contributed by atoms with Crippen LogP contribution < -0.4 is 5.32 Å². The molecular weight excluding hydrogens is 314 g/mol. The predicted octanol–water partition coefficient (Wildman–Crippen LogP) is 4.17. The zero-order chi connectivity index (χ0) is 17.3. The summed E-state index contributed by atoms with van der Waals surface area (Å²) in [6.07, 6.45) is 3.95. The third-order valence-electron chi connectivity index (χ3n) is 3.72. The number of carbonyl (C=O) groups is 1. The summed E-state index contributed by atoms with van der Waals surface area (Å²) in [5.74, 6) is 0.533. The van der Waals surface area contributed by atoms with Crippen molar-refractivity contribution in [2.45, 2.75) is 13.0 Å². The van der Waals surface area contributed by atoms with Gasteiger partial charge in [0.05, 0.1) is 6.61 Å². The molecule has 4 heteroatoms. The molecule has 0 aliphatic carbocycles. The smallest absolute Gasteiger partial charge is 0.244 e. The Hall–Kier alpha value is -2.85. The van der Waals surface area contributed by atoms with Crippen LogP contribution in [0, 0.1) is 0 Å². The van der Waals surface area contributed by atoms with E-state index in [0.717, 1.165) is 23.0 Å². The molecule has 0 fully saturated rings. The second kappa shape index (κ2) is 8.85. The summed E-state index contributed by atoms with van der Waals surface area (Å²) in [5, 5.41) is 3.86. The minimum Gasteiger partial charge on any atom is -0.457 e. The fourth-order valence-corrected chi connectivity index (χ4v) is 2.45. The summed E-state index contributed by atoms with van der Waals surface area (Å²) >= 11 is 0. The highest BCUT2D eigenvalue weighted by Gasteiger charge is 2.01. The highest BCUT2D eigenvalue weighted by Crippen LogP contribution is 2.19. The van der Waals surface area contributed by atoms with Crippen LogP contribution >= 0.6 is 0 Å². The molecule has 0 radical (unpaired) electrons. The summed E-state index contributed by atoms with van der Waals surface area (Å²) in [6.45, 7) is 1.79. The van der Waals surface area contributed by atoms with Crippen molar-refractivity contribution in [1.29, 1.82) is 0 Å². The maximum Gasteiger partial charge on any atom is 0.244 e. The third kappa shape index (κ3) is 5.33. The van der Waals surface area contributed by atoms with Gasteiger partial charge in [-0.1, -0.05) is 48.5 Å². The Morgan fingerprint density at radius 2 is 1.88 bits per heavy atom. The molecule has 3 rings (SSSR count). The van der Waals surface area contributed by atoms with Gasteiger partial charge in [0.1, 0.15) is 11.3 Å². The first-order valence-corrected chi connectivity index (χ1v) is 8.37. The number of hydrogen-bond donors (Lipinski definition) is 1. The standard InChI is InChI=1S/C21H21NO3/c23-21(12-11-19-15-18-9-4-5-10-20(18)25-19)22-13-6-14-24-16-17-7-2-1-3-8-17/h1-5,7-12,15H,6,13-14,16H2,(H,22,23)/b12-11+. The van der Waals surface area contributed by atoms with Crippen molar-refractivity contribution in [3.63, 3.8) is 0 Å². The fraction of sp³-hybridized carbons (Fsp3) is 0.190. The van der Waals surface area contributed by atoms with Gasteiger partial charge in [-0.05, 0) is 30.2 Å². The molecule has 1 N–H and O–H groups in total. The van der Waals surface area contributed by atoms with Gasteiger partial charge in [0.2, 0.25) is 5.91 Å². The lowest BCUT2D eigenvalue weighted by Gasteiger charge is -2.05. The highest BCUT2D eigenvalue weighted by molar-refractivity contribution is 5.92. The van der Waals surface area contributed by atoms with Gasteiger partial charge in [0.15, 0.2) is 0 Å². The van der Waals surface area contributed by atoms with Gasteiger partial charge < -0.3 is 14.5 Å². The first-order chi connectivity index (χ1) is 12.3. The number of furan rings is 1. The predicted molar refractivity (Wildman–Crippen MR) is 99.0 cm³/mol. The maximum absolute atomic E-state index is 11.8. The van der Waals surface area contributed by atoms with Crippen molar-refractivity contribution in [1.82, 2.24) is 5.32 Å². The first kappa shape index (κ1) is 17.0. The van der Waals surface area contributed by atoms with Crippen LogP contribution in [0.3, 0.4) is 0 Å². The van der Waals surface area contributed by atoms with Crippen molar-refractivity contribution >= 4 is 23.0 Å². The number of nitrogens with one attached hydrogen (secondary N) is 1. The molecule has 25 heavy (non-hydrogen) atoms. The molecule has 128 valence electrons. The lowest BCUT2D eigenvalue weighted by molar-refractivity contribution is -0.116. The van der Waals surface area contributed by atoms with Crippen LogP contribution in [0.25, 0.3) is 17.0 Å². The molecule has 0 aliphatic heterocycles. The average molecular weight is 335 g/mol. The van der Waals surface area contributed by atoms with Gasteiger partial charge in [-0.25, -0.2) is 0 Å². The van der Waals surface area contributed by atoms with Crippen molar-refractivity contribution in [3.8, 4) is 0 Å². The van der Waals surface area contributed by atoms with Crippen LogP contribution in [-0.4, -0.2) is 19.1 Å². The summed E-state index contributed by atoms with van der Waals surface area (Å²) in [6, 6.07) is 19.7. The third-order valence-corrected chi connectivity index (χ3v) is 3.72. The number of hydrogen-bond acceptors (Lipinski definition) is 3. The zero-order valence-electron chi connectivity index (χ0n) is 14.0. The Morgan fingerprint density at radius 1 is 1.08 bits per heavy atom. The quantitative estimate of drug-likeness (QED) is 0.496. The maximum atomic E-state index is 11.8. The first-order valence-electron chi connectivity index (χ1n) is 8.37. The topological polar surface area (TPSA) is 51.5 Å². The minimum atomic E-state index is -0.136. The number of benzene rings is 2. The van der Waals surface area contributed by atoms with E-state index in [9.17, 15) is 4.79 Å². The number of carbonyl (C=O) groups excluding carboxylic acids is 1. The second-order valence-electron chi connectivity index (χ2n) is 5.70. The normalized spacial score (nSPS) is 11.2. The molecule has 1 amide bonds. The molecule has 0 unspecified atom stereocenters. The van der Waals surface area contributed by atoms with E-state index in [0.29, 0.717) is 25.5 Å². The largest absolute Gasteiger partial charge is 0.457 e. The van der Waals surface area contributed by atoms with E-state index in [2.05, 4.69) is 5.32 Å². The molecule has 0 bridgehead atoms. The molecular formula is C21H21NO3. The van der Waals surface area contributed by atoms with Gasteiger partial charge >= 0.3 is 0 Å². The van der Waals surface area contributed by atoms with Gasteiger partial charge in [0, 0.05) is 24.6 Å². The average Bonchev–Trinajstić information content (AvgIpc) is 3.07. The Labute approximate surface area is 147 Å². The summed E-state index contributed by atoms with van der Waals surface area (Å²) in [5.41, 5.74) is 1.97. The van der Waals surface area contributed by atoms with Crippen LogP contribution in [0.15, 0.2) is 71.2 Å². The van der Waals surface area contributed by atoms with E-state index in [1.165, 1.54) is 6.08 Å². The molecule has 0 saturated carbocycles. The van der Waals surface area contributed by atoms with Crippen molar-refractivity contribution in [3.05, 3.63) is 78.1 Å². The number of rotatable bonds is 8. The Bertz CT molecular complexity index is 803. The van der Waals surface area contributed by atoms with Crippen molar-refractivity contribution in [2.75, 3.05) is 13.2 Å². The van der Waals surface area contributed by atoms with E-state index < -0.39 is 0 Å². The van der Waals surface area contributed by atoms with Crippen molar-refractivity contribution in [2.24, 2.45) is 0 Å². The Kier molecular flexibility index (Phi) is 6.01. The van der Waals surface area contributed by atoms with E-state index >= 15 is 0 Å². The van der Waals surface area contributed by atoms with E-state index in [1.54, 1.807) is 6.08 Å². The van der Waals surface area contributed by atoms with Crippen LogP contribution in [-0.2, 0) is 16.1 Å². The molecule has 4 nitrogen and oxygen atoms in total. The lowest BCUT2D eigenvalue weighted by Crippen LogP contribution is -2.23. The summed E-state index contributed by atoms with van der Waals surface area (Å²) in [7, 11) is 0. The molecule has 3 aromatic rings. The van der Waals surface area contributed by atoms with E-state index in [4.69, 9.17) is 9.15 Å². The fourth-order valence-electron chi connectivity index (χ4n) is 2.45. The number of ether oxygens (including phenoxy) is 1. The van der Waals surface area contributed by atoms with Gasteiger partial charge in [-0.2, -0.15) is 0 Å². The Morgan fingerprint density at radius 3 is 2.72 bits per heavy atom. The number of para-hydroxylation sites is 1. The van der Waals surface area contributed by atoms with Crippen LogP contribution in [0.1, 0.15) is 17.7 Å². The molecule has 1 heterocycles.